The van der Waals surface area contributed by atoms with Crippen LogP contribution in [0.15, 0.2) is 12.1 Å². The molecule has 5 N–H and O–H groups in total. The lowest BCUT2D eigenvalue weighted by atomic mass is 9.99. The molecule has 0 saturated carbocycles. The highest BCUT2D eigenvalue weighted by atomic mass is 35.5. The summed E-state index contributed by atoms with van der Waals surface area (Å²) < 4.78 is 10.3. The molecule has 3 rings (SSSR count). The molecular weight excluding hydrogens is 418 g/mol. The van der Waals surface area contributed by atoms with E-state index in [0.29, 0.717) is 0 Å². The number of ether oxygens (including phenoxy) is 2. The van der Waals surface area contributed by atoms with Crippen molar-refractivity contribution in [3.8, 4) is 28.7 Å². The number of nitrogens with one attached hydrogen (secondary N) is 1. The van der Waals surface area contributed by atoms with Crippen LogP contribution in [0.5, 0.6) is 28.7 Å². The van der Waals surface area contributed by atoms with Crippen molar-refractivity contribution in [1.82, 2.24) is 0 Å². The Morgan fingerprint density at radius 3 is 2.43 bits per heavy atom. The lowest BCUT2D eigenvalue weighted by Gasteiger charge is -2.18. The molecule has 0 radical (unpaired) electrons. The number of aromatic hydroxyl groups is 4. The van der Waals surface area contributed by atoms with Gasteiger partial charge in [-0.1, -0.05) is 11.6 Å². The first-order chi connectivity index (χ1) is 14.2. The minimum atomic E-state index is -0.884. The van der Waals surface area contributed by atoms with Gasteiger partial charge in [0.2, 0.25) is 5.91 Å². The quantitative estimate of drug-likeness (QED) is 0.260. The second-order valence-electron chi connectivity index (χ2n) is 6.67. The predicted molar refractivity (Wildman–Crippen MR) is 107 cm³/mol. The van der Waals surface area contributed by atoms with Crippen LogP contribution in [0.2, 0.25) is 5.02 Å². The first-order valence-corrected chi connectivity index (χ1v) is 9.44. The molecule has 1 aliphatic rings. The second-order valence-corrected chi connectivity index (χ2v) is 7.05. The van der Waals surface area contributed by atoms with Crippen molar-refractivity contribution in [2.24, 2.45) is 0 Å². The lowest BCUT2D eigenvalue weighted by Crippen LogP contribution is -2.15. The number of esters is 1. The molecule has 0 spiro atoms. The van der Waals surface area contributed by atoms with Crippen molar-refractivity contribution >= 4 is 29.2 Å². The average molecular weight is 438 g/mol. The maximum absolute atomic E-state index is 12.6. The number of carbonyl (C=O) groups is 2. The number of phenols is 4. The summed E-state index contributed by atoms with van der Waals surface area (Å²) >= 11 is 6.12. The van der Waals surface area contributed by atoms with Gasteiger partial charge in [0.1, 0.15) is 22.8 Å². The highest BCUT2D eigenvalue weighted by Crippen LogP contribution is 2.43. The van der Waals surface area contributed by atoms with Gasteiger partial charge in [0, 0.05) is 30.5 Å². The van der Waals surface area contributed by atoms with Gasteiger partial charge < -0.3 is 35.2 Å². The van der Waals surface area contributed by atoms with Crippen molar-refractivity contribution < 1.29 is 39.5 Å². The third-order valence-corrected chi connectivity index (χ3v) is 5.17. The monoisotopic (exact) mass is 437 g/mol. The van der Waals surface area contributed by atoms with E-state index in [1.54, 1.807) is 0 Å². The number of hydrogen-bond acceptors (Lipinski definition) is 8. The van der Waals surface area contributed by atoms with Crippen LogP contribution in [0.1, 0.15) is 34.3 Å². The van der Waals surface area contributed by atoms with Crippen molar-refractivity contribution in [3.63, 3.8) is 0 Å². The van der Waals surface area contributed by atoms with E-state index in [9.17, 15) is 30.0 Å². The summed E-state index contributed by atoms with van der Waals surface area (Å²) in [6.07, 6.45) is 0.233. The smallest absolute Gasteiger partial charge is 0.342 e. The molecular formula is C20H20ClNO8. The van der Waals surface area contributed by atoms with Gasteiger partial charge >= 0.3 is 5.97 Å². The first-order valence-electron chi connectivity index (χ1n) is 9.06. The molecule has 0 atom stereocenters. The van der Waals surface area contributed by atoms with Crippen LogP contribution in [-0.4, -0.2) is 46.0 Å². The Kier molecular flexibility index (Phi) is 6.12. The average Bonchev–Trinajstić information content (AvgIpc) is 2.68. The topological polar surface area (TPSA) is 146 Å². The molecule has 2 aromatic rings. The number of fused-ring (bicyclic) bond motifs is 3. The van der Waals surface area contributed by atoms with Gasteiger partial charge in [-0.3, -0.25) is 4.79 Å². The number of benzene rings is 2. The number of cyclic esters (lactones) is 1. The van der Waals surface area contributed by atoms with E-state index in [4.69, 9.17) is 21.1 Å². The molecule has 2 bridgehead atoms. The van der Waals surface area contributed by atoms with Crippen LogP contribution < -0.4 is 10.1 Å². The third-order valence-electron chi connectivity index (χ3n) is 4.75. The van der Waals surface area contributed by atoms with E-state index in [-0.39, 0.29) is 76.9 Å². The van der Waals surface area contributed by atoms with Gasteiger partial charge in [0.25, 0.3) is 0 Å². The van der Waals surface area contributed by atoms with Gasteiger partial charge in [-0.05, 0) is 18.4 Å². The van der Waals surface area contributed by atoms with E-state index in [1.807, 2.05) is 0 Å². The number of anilines is 1. The Morgan fingerprint density at radius 1 is 1.00 bits per heavy atom. The summed E-state index contributed by atoms with van der Waals surface area (Å²) in [6, 6.07) is 2.10. The molecule has 10 heteroatoms. The van der Waals surface area contributed by atoms with Gasteiger partial charge in [0.15, 0.2) is 11.5 Å². The van der Waals surface area contributed by atoms with E-state index >= 15 is 0 Å². The van der Waals surface area contributed by atoms with E-state index < -0.39 is 23.4 Å². The number of halogens is 1. The van der Waals surface area contributed by atoms with Gasteiger partial charge in [-0.25, -0.2) is 4.79 Å². The zero-order valence-electron chi connectivity index (χ0n) is 16.0. The molecule has 0 aromatic heterocycles. The molecule has 1 aliphatic heterocycles. The summed E-state index contributed by atoms with van der Waals surface area (Å²) in [4.78, 5) is 24.9. The third kappa shape index (κ3) is 4.02. The fourth-order valence-corrected chi connectivity index (χ4v) is 3.60. The highest BCUT2D eigenvalue weighted by Gasteiger charge is 2.25. The van der Waals surface area contributed by atoms with Crippen LogP contribution in [0.25, 0.3) is 0 Å². The number of hydrogen-bond donors (Lipinski definition) is 5. The number of phenolic OH excluding ortho intramolecular Hbond substituents is 4. The summed E-state index contributed by atoms with van der Waals surface area (Å²) in [5.41, 5.74) is 0.0833. The fourth-order valence-electron chi connectivity index (χ4n) is 3.35. The molecule has 2 aromatic carbocycles. The molecule has 0 unspecified atom stereocenters. The molecule has 9 nitrogen and oxygen atoms in total. The summed E-state index contributed by atoms with van der Waals surface area (Å²) in [6.45, 7) is -0.239. The van der Waals surface area contributed by atoms with Crippen LogP contribution in [0.4, 0.5) is 5.69 Å². The Hall–Kier alpha value is -3.33. The predicted octanol–water partition coefficient (Wildman–Crippen LogP) is 2.85. The SMILES string of the molecule is COc1c(O)cc2c(O)c1CCOC(=O)c1c(O)cc(O)c(Cl)c1CCCC(=O)N2. The van der Waals surface area contributed by atoms with E-state index in [2.05, 4.69) is 5.32 Å². The standard InChI is InChI=1S/C20H20ClNO8/c1-29-19-10-5-6-30-20(28)16-9(17(21)13(24)8-12(16)23)3-2-4-15(26)22-11(18(10)27)7-14(19)25/h7-8,23-25,27H,2-6H2,1H3,(H,22,26). The van der Waals surface area contributed by atoms with Gasteiger partial charge in [0.05, 0.1) is 24.4 Å². The van der Waals surface area contributed by atoms with Crippen molar-refractivity contribution in [3.05, 3.63) is 33.8 Å². The van der Waals surface area contributed by atoms with Crippen LogP contribution in [0, 0.1) is 0 Å². The second kappa shape index (κ2) is 8.58. The van der Waals surface area contributed by atoms with Crippen molar-refractivity contribution in [1.29, 1.82) is 0 Å². The number of amides is 1. The van der Waals surface area contributed by atoms with Gasteiger partial charge in [-0.15, -0.1) is 0 Å². The maximum atomic E-state index is 12.6. The largest absolute Gasteiger partial charge is 0.507 e. The van der Waals surface area contributed by atoms with Crippen LogP contribution in [-0.2, 0) is 22.4 Å². The molecule has 30 heavy (non-hydrogen) atoms. The molecule has 0 aliphatic carbocycles. The summed E-state index contributed by atoms with van der Waals surface area (Å²) in [5, 5.41) is 43.1. The minimum absolute atomic E-state index is 0.00888. The Bertz CT molecular complexity index is 1020. The lowest BCUT2D eigenvalue weighted by molar-refractivity contribution is -0.116. The van der Waals surface area contributed by atoms with Crippen LogP contribution >= 0.6 is 11.6 Å². The first kappa shape index (κ1) is 21.4. The van der Waals surface area contributed by atoms with Crippen molar-refractivity contribution in [2.75, 3.05) is 19.0 Å². The van der Waals surface area contributed by atoms with E-state index in [1.165, 1.54) is 7.11 Å². The normalized spacial score (nSPS) is 14.9. The number of carbonyl (C=O) groups excluding carboxylic acids is 2. The number of methoxy groups -OCH3 is 1. The molecule has 1 amide bonds. The minimum Gasteiger partial charge on any atom is -0.507 e. The summed E-state index contributed by atoms with van der Waals surface area (Å²) in [7, 11) is 1.29. The highest BCUT2D eigenvalue weighted by molar-refractivity contribution is 6.33. The summed E-state index contributed by atoms with van der Waals surface area (Å²) in [5.74, 6) is -2.89. The maximum Gasteiger partial charge on any atom is 0.342 e. The molecule has 160 valence electrons. The zero-order chi connectivity index (χ0) is 22.0. The Morgan fingerprint density at radius 2 is 1.73 bits per heavy atom. The molecule has 0 fully saturated rings. The fraction of sp³-hybridized carbons (Fsp3) is 0.300. The van der Waals surface area contributed by atoms with Crippen molar-refractivity contribution in [2.45, 2.75) is 25.7 Å². The molecule has 0 saturated heterocycles. The van der Waals surface area contributed by atoms with E-state index in [0.717, 1.165) is 12.1 Å². The Balaban J connectivity index is 2.04. The Labute approximate surface area is 176 Å². The zero-order valence-corrected chi connectivity index (χ0v) is 16.7. The van der Waals surface area contributed by atoms with Crippen LogP contribution in [0.3, 0.4) is 0 Å². The van der Waals surface area contributed by atoms with Gasteiger partial charge in [-0.2, -0.15) is 0 Å². The molecule has 1 heterocycles. The number of rotatable bonds is 1.